The number of esters is 1. The summed E-state index contributed by atoms with van der Waals surface area (Å²) in [5.74, 6) is -1.06. The van der Waals surface area contributed by atoms with Crippen molar-refractivity contribution in [2.75, 3.05) is 0 Å². The van der Waals surface area contributed by atoms with Gasteiger partial charge in [0.15, 0.2) is 0 Å². The number of hydrogen-bond acceptors (Lipinski definition) is 4. The smallest absolute Gasteiger partial charge is 0.338 e. The SMILES string of the molecule is CC(C)OC(=O)c1ccn(Cc2cc(F)ccc2C#N)c(=O)c1. The molecule has 0 amide bonds. The summed E-state index contributed by atoms with van der Waals surface area (Å²) >= 11 is 0. The van der Waals surface area contributed by atoms with Crippen molar-refractivity contribution in [3.05, 3.63) is 69.4 Å². The number of carbonyl (C=O) groups is 1. The summed E-state index contributed by atoms with van der Waals surface area (Å²) in [5, 5.41) is 9.04. The molecule has 118 valence electrons. The Balaban J connectivity index is 2.29. The third kappa shape index (κ3) is 4.04. The van der Waals surface area contributed by atoms with Crippen molar-refractivity contribution < 1.29 is 13.9 Å². The van der Waals surface area contributed by atoms with Crippen LogP contribution in [-0.4, -0.2) is 16.6 Å². The molecule has 0 unspecified atom stereocenters. The molecule has 0 saturated heterocycles. The van der Waals surface area contributed by atoms with Gasteiger partial charge >= 0.3 is 5.97 Å². The second-order valence-corrected chi connectivity index (χ2v) is 5.25. The first-order valence-electron chi connectivity index (χ1n) is 7.00. The quantitative estimate of drug-likeness (QED) is 0.813. The van der Waals surface area contributed by atoms with Gasteiger partial charge in [-0.25, -0.2) is 9.18 Å². The first-order valence-corrected chi connectivity index (χ1v) is 7.00. The fourth-order valence-corrected chi connectivity index (χ4v) is 2.03. The van der Waals surface area contributed by atoms with Crippen molar-refractivity contribution in [1.29, 1.82) is 5.26 Å². The minimum absolute atomic E-state index is 0.0407. The molecule has 2 rings (SSSR count). The molecule has 23 heavy (non-hydrogen) atoms. The monoisotopic (exact) mass is 314 g/mol. The molecule has 0 saturated carbocycles. The van der Waals surface area contributed by atoms with E-state index in [1.165, 1.54) is 35.0 Å². The molecule has 1 aromatic heterocycles. The van der Waals surface area contributed by atoms with Gasteiger partial charge in [0, 0.05) is 12.3 Å². The van der Waals surface area contributed by atoms with E-state index in [0.717, 1.165) is 6.07 Å². The van der Waals surface area contributed by atoms with Crippen molar-refractivity contribution in [2.24, 2.45) is 0 Å². The Morgan fingerprint density at radius 1 is 1.35 bits per heavy atom. The van der Waals surface area contributed by atoms with Gasteiger partial charge in [0.2, 0.25) is 0 Å². The summed E-state index contributed by atoms with van der Waals surface area (Å²) in [4.78, 5) is 23.9. The van der Waals surface area contributed by atoms with Crippen LogP contribution in [0.3, 0.4) is 0 Å². The Labute approximate surface area is 132 Å². The summed E-state index contributed by atoms with van der Waals surface area (Å²) in [6, 6.07) is 8.35. The van der Waals surface area contributed by atoms with Gasteiger partial charge in [0.05, 0.1) is 29.8 Å². The van der Waals surface area contributed by atoms with E-state index in [0.29, 0.717) is 11.1 Å². The maximum absolute atomic E-state index is 13.3. The lowest BCUT2D eigenvalue weighted by Crippen LogP contribution is -2.22. The topological polar surface area (TPSA) is 72.1 Å². The lowest BCUT2D eigenvalue weighted by molar-refractivity contribution is 0.0377. The van der Waals surface area contributed by atoms with Crippen molar-refractivity contribution in [1.82, 2.24) is 4.57 Å². The zero-order chi connectivity index (χ0) is 17.0. The van der Waals surface area contributed by atoms with Crippen molar-refractivity contribution in [3.63, 3.8) is 0 Å². The molecule has 0 atom stereocenters. The van der Waals surface area contributed by atoms with E-state index >= 15 is 0 Å². The van der Waals surface area contributed by atoms with Crippen LogP contribution in [0.1, 0.15) is 35.3 Å². The molecule has 0 spiro atoms. The number of benzene rings is 1. The summed E-state index contributed by atoms with van der Waals surface area (Å²) in [5.41, 5.74) is 0.407. The second-order valence-electron chi connectivity index (χ2n) is 5.25. The lowest BCUT2D eigenvalue weighted by Gasteiger charge is -2.10. The normalized spacial score (nSPS) is 10.4. The molecule has 0 N–H and O–H groups in total. The van der Waals surface area contributed by atoms with Crippen LogP contribution in [-0.2, 0) is 11.3 Å². The zero-order valence-electron chi connectivity index (χ0n) is 12.7. The van der Waals surface area contributed by atoms with Crippen LogP contribution in [0.25, 0.3) is 0 Å². The van der Waals surface area contributed by atoms with E-state index in [-0.39, 0.29) is 18.2 Å². The van der Waals surface area contributed by atoms with Crippen molar-refractivity contribution in [2.45, 2.75) is 26.5 Å². The Morgan fingerprint density at radius 2 is 2.09 bits per heavy atom. The highest BCUT2D eigenvalue weighted by Gasteiger charge is 2.12. The molecule has 2 aromatic rings. The molecule has 5 nitrogen and oxygen atoms in total. The predicted octanol–water partition coefficient (Wildman–Crippen LogP) is 2.47. The molecular formula is C17H15FN2O3. The van der Waals surface area contributed by atoms with Gasteiger partial charge in [0.25, 0.3) is 5.56 Å². The summed E-state index contributed by atoms with van der Waals surface area (Å²) < 4.78 is 19.6. The van der Waals surface area contributed by atoms with E-state index in [9.17, 15) is 14.0 Å². The van der Waals surface area contributed by atoms with Crippen LogP contribution >= 0.6 is 0 Å². The van der Waals surface area contributed by atoms with Crippen LogP contribution in [0.4, 0.5) is 4.39 Å². The molecule has 1 aromatic carbocycles. The Hall–Kier alpha value is -2.94. The summed E-state index contributed by atoms with van der Waals surface area (Å²) in [7, 11) is 0. The van der Waals surface area contributed by atoms with Gasteiger partial charge in [-0.15, -0.1) is 0 Å². The van der Waals surface area contributed by atoms with Crippen LogP contribution in [0.15, 0.2) is 41.3 Å². The van der Waals surface area contributed by atoms with E-state index in [1.807, 2.05) is 6.07 Å². The van der Waals surface area contributed by atoms with Crippen LogP contribution < -0.4 is 5.56 Å². The maximum Gasteiger partial charge on any atom is 0.338 e. The molecular weight excluding hydrogens is 299 g/mol. The van der Waals surface area contributed by atoms with Gasteiger partial charge in [-0.05, 0) is 43.7 Å². The number of pyridine rings is 1. The minimum Gasteiger partial charge on any atom is -0.459 e. The number of halogens is 1. The molecule has 0 aliphatic rings. The van der Waals surface area contributed by atoms with Crippen molar-refractivity contribution in [3.8, 4) is 6.07 Å². The second kappa shape index (κ2) is 6.88. The number of nitriles is 1. The Bertz CT molecular complexity index is 834. The van der Waals surface area contributed by atoms with Crippen LogP contribution in [0.5, 0.6) is 0 Å². The first kappa shape index (κ1) is 16.4. The highest BCUT2D eigenvalue weighted by molar-refractivity contribution is 5.89. The third-order valence-electron chi connectivity index (χ3n) is 3.10. The van der Waals surface area contributed by atoms with Gasteiger partial charge in [0.1, 0.15) is 5.82 Å². The fourth-order valence-electron chi connectivity index (χ4n) is 2.03. The molecule has 0 aliphatic carbocycles. The summed E-state index contributed by atoms with van der Waals surface area (Å²) in [6.07, 6.45) is 1.14. The molecule has 0 aliphatic heterocycles. The number of ether oxygens (including phenoxy) is 1. The van der Waals surface area contributed by atoms with Crippen LogP contribution in [0, 0.1) is 17.1 Å². The standard InChI is InChI=1S/C17H15FN2O3/c1-11(2)23-17(22)12-5-6-20(16(21)8-12)10-14-7-15(18)4-3-13(14)9-19/h3-8,11H,10H2,1-2H3. The van der Waals surface area contributed by atoms with Gasteiger partial charge in [-0.2, -0.15) is 5.26 Å². The largest absolute Gasteiger partial charge is 0.459 e. The maximum atomic E-state index is 13.3. The zero-order valence-corrected chi connectivity index (χ0v) is 12.7. The number of hydrogen-bond donors (Lipinski definition) is 0. The first-order chi connectivity index (χ1) is 10.9. The highest BCUT2D eigenvalue weighted by Crippen LogP contribution is 2.12. The van der Waals surface area contributed by atoms with E-state index in [2.05, 4.69) is 0 Å². The minimum atomic E-state index is -0.576. The molecule has 0 fully saturated rings. The fraction of sp³-hybridized carbons (Fsp3) is 0.235. The van der Waals surface area contributed by atoms with E-state index in [4.69, 9.17) is 10.00 Å². The van der Waals surface area contributed by atoms with Crippen LogP contribution in [0.2, 0.25) is 0 Å². The van der Waals surface area contributed by atoms with E-state index in [1.54, 1.807) is 13.8 Å². The van der Waals surface area contributed by atoms with Gasteiger partial charge in [-0.3, -0.25) is 4.79 Å². The Morgan fingerprint density at radius 3 is 2.70 bits per heavy atom. The molecule has 6 heteroatoms. The predicted molar refractivity (Wildman–Crippen MR) is 81.5 cm³/mol. The number of rotatable bonds is 4. The molecule has 0 bridgehead atoms. The third-order valence-corrected chi connectivity index (χ3v) is 3.10. The Kier molecular flexibility index (Phi) is 4.91. The number of aromatic nitrogens is 1. The van der Waals surface area contributed by atoms with Crippen molar-refractivity contribution >= 4 is 5.97 Å². The number of nitrogens with zero attached hydrogens (tertiary/aromatic N) is 2. The van der Waals surface area contributed by atoms with Gasteiger partial charge < -0.3 is 9.30 Å². The molecule has 0 radical (unpaired) electrons. The average molecular weight is 314 g/mol. The van der Waals surface area contributed by atoms with E-state index < -0.39 is 17.3 Å². The highest BCUT2D eigenvalue weighted by atomic mass is 19.1. The lowest BCUT2D eigenvalue weighted by atomic mass is 10.1. The number of carbonyl (C=O) groups excluding carboxylic acids is 1. The average Bonchev–Trinajstić information content (AvgIpc) is 2.49. The summed E-state index contributed by atoms with van der Waals surface area (Å²) in [6.45, 7) is 3.47. The van der Waals surface area contributed by atoms with Gasteiger partial charge in [-0.1, -0.05) is 0 Å². The molecule has 1 heterocycles.